The molecule has 0 heterocycles. The zero-order valence-electron chi connectivity index (χ0n) is 13.6. The largest absolute Gasteiger partial charge is 0.466 e. The lowest BCUT2D eigenvalue weighted by molar-refractivity contribution is -0.140. The Morgan fingerprint density at radius 2 is 2.00 bits per heavy atom. The van der Waals surface area contributed by atoms with Crippen molar-refractivity contribution in [3.8, 4) is 0 Å². The Morgan fingerprint density at radius 3 is 2.35 bits per heavy atom. The summed E-state index contributed by atoms with van der Waals surface area (Å²) in [5.74, 6) is 0.568. The summed E-state index contributed by atoms with van der Waals surface area (Å²) in [5.41, 5.74) is 0.102. The highest BCUT2D eigenvalue weighted by Gasteiger charge is 2.38. The van der Waals surface area contributed by atoms with Crippen LogP contribution in [0.15, 0.2) is 24.3 Å². The molecule has 0 radical (unpaired) electrons. The van der Waals surface area contributed by atoms with Crippen LogP contribution in [0, 0.1) is 17.3 Å². The van der Waals surface area contributed by atoms with Crippen LogP contribution in [-0.4, -0.2) is 18.4 Å². The summed E-state index contributed by atoms with van der Waals surface area (Å²) in [7, 11) is 0. The summed E-state index contributed by atoms with van der Waals surface area (Å²) in [6.07, 6.45) is 8.91. The molecule has 0 spiro atoms. The van der Waals surface area contributed by atoms with Gasteiger partial charge in [0, 0.05) is 12.8 Å². The Bertz CT molecular complexity index is 378. The van der Waals surface area contributed by atoms with Crippen molar-refractivity contribution in [3.63, 3.8) is 0 Å². The van der Waals surface area contributed by atoms with E-state index in [4.69, 9.17) is 0 Å². The molecule has 0 bridgehead atoms. The van der Waals surface area contributed by atoms with Crippen molar-refractivity contribution in [3.05, 3.63) is 24.3 Å². The smallest absolute Gasteiger partial charge is 0.302 e. The van der Waals surface area contributed by atoms with Gasteiger partial charge >= 0.3 is 5.97 Å². The molecule has 0 aliphatic heterocycles. The number of hydrogen-bond acceptors (Lipinski definition) is 3. The number of ether oxygens (including phenoxy) is 1. The van der Waals surface area contributed by atoms with E-state index in [0.29, 0.717) is 12.5 Å². The average Bonchev–Trinajstić information content (AvgIpc) is 2.28. The van der Waals surface area contributed by atoms with Crippen LogP contribution in [0.1, 0.15) is 48.0 Å². The molecule has 114 valence electrons. The average molecular weight is 280 g/mol. The highest BCUT2D eigenvalue weighted by Crippen LogP contribution is 2.41. The van der Waals surface area contributed by atoms with Gasteiger partial charge in [0.2, 0.25) is 0 Å². The molecule has 0 aromatic heterocycles. The van der Waals surface area contributed by atoms with E-state index >= 15 is 0 Å². The zero-order chi connectivity index (χ0) is 15.8. The molecule has 0 saturated heterocycles. The number of allylic oxidation sites excluding steroid dienone is 4. The van der Waals surface area contributed by atoms with Crippen LogP contribution in [0.3, 0.4) is 0 Å². The predicted molar refractivity (Wildman–Crippen MR) is 82.3 cm³/mol. The normalized spacial score (nSPS) is 23.9. The van der Waals surface area contributed by atoms with E-state index in [1.165, 1.54) is 6.92 Å². The molecule has 1 aliphatic rings. The minimum atomic E-state index is -0.211. The van der Waals surface area contributed by atoms with Gasteiger partial charge in [-0.2, -0.15) is 0 Å². The SMILES string of the molecule is CC=CC(=O)C1C(C)C=CCC1(C)C.CCOC(C)=O. The van der Waals surface area contributed by atoms with Crippen molar-refractivity contribution in [1.29, 1.82) is 0 Å². The van der Waals surface area contributed by atoms with Crippen LogP contribution in [-0.2, 0) is 14.3 Å². The molecule has 0 aromatic rings. The molecular formula is C17H28O3. The van der Waals surface area contributed by atoms with Gasteiger partial charge in [0.25, 0.3) is 0 Å². The molecule has 3 nitrogen and oxygen atoms in total. The Kier molecular flexibility index (Phi) is 8.12. The van der Waals surface area contributed by atoms with Crippen LogP contribution < -0.4 is 0 Å². The number of carbonyl (C=O) groups excluding carboxylic acids is 2. The summed E-state index contributed by atoms with van der Waals surface area (Å²) in [5, 5.41) is 0. The van der Waals surface area contributed by atoms with E-state index in [-0.39, 0.29) is 23.1 Å². The standard InChI is InChI=1S/C13H20O.C4H8O2/c1-5-7-11(14)12-10(2)8-6-9-13(12,3)4;1-3-6-4(2)5/h5-8,10,12H,9H2,1-4H3;3H2,1-2H3. The number of ketones is 1. The van der Waals surface area contributed by atoms with Crippen LogP contribution >= 0.6 is 0 Å². The maximum atomic E-state index is 11.9. The fraction of sp³-hybridized carbons (Fsp3) is 0.647. The van der Waals surface area contributed by atoms with Crippen LogP contribution in [0.25, 0.3) is 0 Å². The van der Waals surface area contributed by atoms with E-state index in [1.54, 1.807) is 13.0 Å². The highest BCUT2D eigenvalue weighted by molar-refractivity contribution is 5.92. The van der Waals surface area contributed by atoms with Gasteiger partial charge < -0.3 is 4.74 Å². The first-order chi connectivity index (χ1) is 9.26. The van der Waals surface area contributed by atoms with E-state index in [2.05, 4.69) is 37.7 Å². The Hall–Kier alpha value is -1.38. The number of esters is 1. The van der Waals surface area contributed by atoms with Gasteiger partial charge in [-0.15, -0.1) is 0 Å². The molecule has 0 N–H and O–H groups in total. The molecular weight excluding hydrogens is 252 g/mol. The Labute approximate surface area is 123 Å². The van der Waals surface area contributed by atoms with Crippen molar-refractivity contribution >= 4 is 11.8 Å². The van der Waals surface area contributed by atoms with Gasteiger partial charge in [0.05, 0.1) is 6.61 Å². The predicted octanol–water partition coefficient (Wildman–Crippen LogP) is 3.94. The maximum absolute atomic E-state index is 11.9. The molecule has 0 amide bonds. The summed E-state index contributed by atoms with van der Waals surface area (Å²) in [6.45, 7) is 12.0. The van der Waals surface area contributed by atoms with Crippen molar-refractivity contribution in [2.24, 2.45) is 17.3 Å². The van der Waals surface area contributed by atoms with Gasteiger partial charge in [-0.1, -0.05) is 39.0 Å². The zero-order valence-corrected chi connectivity index (χ0v) is 13.6. The Balaban J connectivity index is 0.000000511. The third kappa shape index (κ3) is 6.18. The topological polar surface area (TPSA) is 43.4 Å². The van der Waals surface area contributed by atoms with Crippen molar-refractivity contribution in [2.75, 3.05) is 6.61 Å². The van der Waals surface area contributed by atoms with Crippen LogP contribution in [0.2, 0.25) is 0 Å². The lowest BCUT2D eigenvalue weighted by atomic mass is 9.65. The lowest BCUT2D eigenvalue weighted by Crippen LogP contribution is -2.36. The van der Waals surface area contributed by atoms with E-state index in [0.717, 1.165) is 6.42 Å². The van der Waals surface area contributed by atoms with Crippen molar-refractivity contribution < 1.29 is 14.3 Å². The van der Waals surface area contributed by atoms with Crippen molar-refractivity contribution in [1.82, 2.24) is 0 Å². The first-order valence-electron chi connectivity index (χ1n) is 7.22. The fourth-order valence-corrected chi connectivity index (χ4v) is 2.65. The van der Waals surface area contributed by atoms with Crippen LogP contribution in [0.4, 0.5) is 0 Å². The molecule has 1 aliphatic carbocycles. The highest BCUT2D eigenvalue weighted by atomic mass is 16.5. The number of carbonyl (C=O) groups is 2. The third-order valence-corrected chi connectivity index (χ3v) is 3.44. The first kappa shape index (κ1) is 18.6. The van der Waals surface area contributed by atoms with Crippen molar-refractivity contribution in [2.45, 2.75) is 48.0 Å². The van der Waals surface area contributed by atoms with Gasteiger partial charge in [-0.25, -0.2) is 0 Å². The first-order valence-corrected chi connectivity index (χ1v) is 7.22. The summed E-state index contributed by atoms with van der Waals surface area (Å²) >= 11 is 0. The Morgan fingerprint density at radius 1 is 1.40 bits per heavy atom. The molecule has 0 saturated carbocycles. The maximum Gasteiger partial charge on any atom is 0.302 e. The lowest BCUT2D eigenvalue weighted by Gasteiger charge is -2.38. The second-order valence-corrected chi connectivity index (χ2v) is 5.78. The van der Waals surface area contributed by atoms with E-state index in [1.807, 2.05) is 13.0 Å². The fourth-order valence-electron chi connectivity index (χ4n) is 2.65. The number of hydrogen-bond donors (Lipinski definition) is 0. The van der Waals surface area contributed by atoms with Gasteiger partial charge in [0.1, 0.15) is 0 Å². The molecule has 0 fully saturated rings. The summed E-state index contributed by atoms with van der Waals surface area (Å²) < 4.78 is 4.40. The van der Waals surface area contributed by atoms with E-state index in [9.17, 15) is 9.59 Å². The summed E-state index contributed by atoms with van der Waals surface area (Å²) in [6, 6.07) is 0. The molecule has 20 heavy (non-hydrogen) atoms. The minimum absolute atomic E-state index is 0.102. The molecule has 0 aromatic carbocycles. The molecule has 2 unspecified atom stereocenters. The minimum Gasteiger partial charge on any atom is -0.466 e. The number of rotatable bonds is 3. The van der Waals surface area contributed by atoms with Gasteiger partial charge in [-0.05, 0) is 37.7 Å². The molecule has 3 heteroatoms. The van der Waals surface area contributed by atoms with E-state index < -0.39 is 0 Å². The second kappa shape index (κ2) is 8.72. The third-order valence-electron chi connectivity index (χ3n) is 3.44. The second-order valence-electron chi connectivity index (χ2n) is 5.78. The molecule has 1 rings (SSSR count). The van der Waals surface area contributed by atoms with Gasteiger partial charge in [0.15, 0.2) is 5.78 Å². The molecule has 2 atom stereocenters. The van der Waals surface area contributed by atoms with Crippen LogP contribution in [0.5, 0.6) is 0 Å². The monoisotopic (exact) mass is 280 g/mol. The van der Waals surface area contributed by atoms with Gasteiger partial charge in [-0.3, -0.25) is 9.59 Å². The quantitative estimate of drug-likeness (QED) is 0.447. The summed E-state index contributed by atoms with van der Waals surface area (Å²) in [4.78, 5) is 21.7.